The van der Waals surface area contributed by atoms with E-state index < -0.39 is 15.9 Å². The minimum atomic E-state index is -3.47. The van der Waals surface area contributed by atoms with Crippen LogP contribution < -0.4 is 5.32 Å². The molecule has 126 valence electrons. The van der Waals surface area contributed by atoms with Gasteiger partial charge in [-0.2, -0.15) is 0 Å². The van der Waals surface area contributed by atoms with Crippen molar-refractivity contribution in [3.8, 4) is 0 Å². The molecule has 0 aliphatic carbocycles. The zero-order chi connectivity index (χ0) is 17.2. The standard InChI is InChI=1S/C19H21NO3S/c1-14-7-9-17(10-8-14)24(22,23)13-18-19(21)12-16(20-18)11-15-5-3-2-4-6-15/h2-10,16,18,20H,11-13H2,1H3. The molecule has 24 heavy (non-hydrogen) atoms. The summed E-state index contributed by atoms with van der Waals surface area (Å²) >= 11 is 0. The maximum atomic E-state index is 12.5. The molecule has 0 radical (unpaired) electrons. The Morgan fingerprint density at radius 2 is 1.71 bits per heavy atom. The van der Waals surface area contributed by atoms with Gasteiger partial charge in [-0.25, -0.2) is 8.42 Å². The van der Waals surface area contributed by atoms with E-state index in [0.717, 1.165) is 17.5 Å². The van der Waals surface area contributed by atoms with Gasteiger partial charge in [-0.15, -0.1) is 0 Å². The molecule has 2 aromatic rings. The number of hydrogen-bond donors (Lipinski definition) is 1. The summed E-state index contributed by atoms with van der Waals surface area (Å²) in [6.45, 7) is 1.91. The first-order valence-corrected chi connectivity index (χ1v) is 9.71. The van der Waals surface area contributed by atoms with Gasteiger partial charge in [-0.3, -0.25) is 4.79 Å². The fourth-order valence-corrected chi connectivity index (χ4v) is 4.52. The minimum Gasteiger partial charge on any atom is -0.303 e. The lowest BCUT2D eigenvalue weighted by Crippen LogP contribution is -2.38. The van der Waals surface area contributed by atoms with E-state index in [9.17, 15) is 13.2 Å². The number of benzene rings is 2. The Hall–Kier alpha value is -1.98. The summed E-state index contributed by atoms with van der Waals surface area (Å²) in [5, 5.41) is 3.20. The van der Waals surface area contributed by atoms with Gasteiger partial charge in [-0.1, -0.05) is 48.0 Å². The molecule has 1 saturated heterocycles. The van der Waals surface area contributed by atoms with E-state index in [1.54, 1.807) is 24.3 Å². The van der Waals surface area contributed by atoms with Crippen LogP contribution in [-0.4, -0.2) is 32.0 Å². The van der Waals surface area contributed by atoms with E-state index >= 15 is 0 Å². The van der Waals surface area contributed by atoms with Crippen molar-refractivity contribution < 1.29 is 13.2 Å². The second kappa shape index (κ2) is 6.87. The number of rotatable bonds is 5. The summed E-state index contributed by atoms with van der Waals surface area (Å²) in [5.74, 6) is -0.202. The van der Waals surface area contributed by atoms with Gasteiger partial charge in [0.15, 0.2) is 15.6 Å². The van der Waals surface area contributed by atoms with Crippen molar-refractivity contribution in [3.63, 3.8) is 0 Å². The van der Waals surface area contributed by atoms with Crippen molar-refractivity contribution >= 4 is 15.6 Å². The van der Waals surface area contributed by atoms with Gasteiger partial charge in [0.25, 0.3) is 0 Å². The number of carbonyl (C=O) groups is 1. The first-order valence-electron chi connectivity index (χ1n) is 8.06. The van der Waals surface area contributed by atoms with Gasteiger partial charge < -0.3 is 5.32 Å². The normalized spacial score (nSPS) is 21.1. The largest absolute Gasteiger partial charge is 0.303 e. The fraction of sp³-hybridized carbons (Fsp3) is 0.316. The third kappa shape index (κ3) is 3.91. The van der Waals surface area contributed by atoms with Crippen LogP contribution in [0, 0.1) is 6.92 Å². The highest BCUT2D eigenvalue weighted by Gasteiger charge is 2.35. The summed E-state index contributed by atoms with van der Waals surface area (Å²) in [6.07, 6.45) is 1.11. The number of aryl methyl sites for hydroxylation is 1. The van der Waals surface area contributed by atoms with Crippen LogP contribution in [0.2, 0.25) is 0 Å². The number of Topliss-reactive ketones (excluding diaryl/α,β-unsaturated/α-hetero) is 1. The van der Waals surface area contributed by atoms with Crippen LogP contribution >= 0.6 is 0 Å². The molecule has 0 aromatic heterocycles. The van der Waals surface area contributed by atoms with Gasteiger partial charge in [0, 0.05) is 12.5 Å². The van der Waals surface area contributed by atoms with E-state index in [4.69, 9.17) is 0 Å². The first kappa shape index (κ1) is 16.9. The third-order valence-corrected chi connectivity index (χ3v) is 6.13. The predicted octanol–water partition coefficient (Wildman–Crippen LogP) is 2.31. The first-order chi connectivity index (χ1) is 11.4. The predicted molar refractivity (Wildman–Crippen MR) is 93.7 cm³/mol. The van der Waals surface area contributed by atoms with Crippen LogP contribution in [0.25, 0.3) is 0 Å². The van der Waals surface area contributed by atoms with Crippen LogP contribution in [0.5, 0.6) is 0 Å². The molecule has 0 spiro atoms. The van der Waals surface area contributed by atoms with Gasteiger partial charge in [0.05, 0.1) is 16.7 Å². The van der Waals surface area contributed by atoms with E-state index in [1.165, 1.54) is 0 Å². The maximum absolute atomic E-state index is 12.5. The monoisotopic (exact) mass is 343 g/mol. The van der Waals surface area contributed by atoms with Gasteiger partial charge in [0.2, 0.25) is 0 Å². The molecule has 3 rings (SSSR count). The van der Waals surface area contributed by atoms with E-state index in [-0.39, 0.29) is 22.5 Å². The molecule has 2 atom stereocenters. The molecule has 2 unspecified atom stereocenters. The highest BCUT2D eigenvalue weighted by Crippen LogP contribution is 2.19. The number of hydrogen-bond acceptors (Lipinski definition) is 4. The van der Waals surface area contributed by atoms with Crippen LogP contribution in [0.3, 0.4) is 0 Å². The maximum Gasteiger partial charge on any atom is 0.180 e. The zero-order valence-electron chi connectivity index (χ0n) is 13.6. The van der Waals surface area contributed by atoms with Crippen molar-refractivity contribution in [1.29, 1.82) is 0 Å². The minimum absolute atomic E-state index is 0.00174. The Kier molecular flexibility index (Phi) is 4.83. The molecule has 1 fully saturated rings. The number of ketones is 1. The Balaban J connectivity index is 1.67. The van der Waals surface area contributed by atoms with Gasteiger partial charge in [0.1, 0.15) is 0 Å². The molecule has 1 N–H and O–H groups in total. The third-order valence-electron chi connectivity index (χ3n) is 4.36. The number of sulfone groups is 1. The quantitative estimate of drug-likeness (QED) is 0.905. The summed E-state index contributed by atoms with van der Waals surface area (Å²) in [6, 6.07) is 16.0. The zero-order valence-corrected chi connectivity index (χ0v) is 14.4. The summed E-state index contributed by atoms with van der Waals surface area (Å²) in [4.78, 5) is 12.5. The molecule has 5 heteroatoms. The molecule has 0 bridgehead atoms. The average Bonchev–Trinajstić information content (AvgIpc) is 2.87. The van der Waals surface area contributed by atoms with Crippen LogP contribution in [-0.2, 0) is 21.1 Å². The van der Waals surface area contributed by atoms with Crippen molar-refractivity contribution in [1.82, 2.24) is 5.32 Å². The molecule has 2 aromatic carbocycles. The second-order valence-electron chi connectivity index (χ2n) is 6.37. The number of carbonyl (C=O) groups excluding carboxylic acids is 1. The average molecular weight is 343 g/mol. The van der Waals surface area contributed by atoms with Gasteiger partial charge >= 0.3 is 0 Å². The van der Waals surface area contributed by atoms with Crippen molar-refractivity contribution in [2.24, 2.45) is 0 Å². The molecule has 1 aliphatic rings. The Labute approximate surface area is 142 Å². The lowest BCUT2D eigenvalue weighted by Gasteiger charge is -2.14. The number of nitrogens with one attached hydrogen (secondary N) is 1. The van der Waals surface area contributed by atoms with E-state index in [2.05, 4.69) is 5.32 Å². The molecular formula is C19H21NO3S. The lowest BCUT2D eigenvalue weighted by atomic mass is 10.0. The Morgan fingerprint density at radius 3 is 2.38 bits per heavy atom. The summed E-state index contributed by atoms with van der Waals surface area (Å²) in [5.41, 5.74) is 2.15. The highest BCUT2D eigenvalue weighted by atomic mass is 32.2. The molecule has 0 saturated carbocycles. The second-order valence-corrected chi connectivity index (χ2v) is 8.41. The Bertz CT molecular complexity index is 813. The summed E-state index contributed by atoms with van der Waals surface area (Å²) < 4.78 is 25.0. The lowest BCUT2D eigenvalue weighted by molar-refractivity contribution is -0.118. The molecule has 1 aliphatic heterocycles. The smallest absolute Gasteiger partial charge is 0.180 e. The molecule has 1 heterocycles. The van der Waals surface area contributed by atoms with Crippen LogP contribution in [0.4, 0.5) is 0 Å². The molecular weight excluding hydrogens is 322 g/mol. The molecule has 0 amide bonds. The summed E-state index contributed by atoms with van der Waals surface area (Å²) in [7, 11) is -3.47. The highest BCUT2D eigenvalue weighted by molar-refractivity contribution is 7.91. The fourth-order valence-electron chi connectivity index (χ4n) is 3.05. The Morgan fingerprint density at radius 1 is 1.04 bits per heavy atom. The SMILES string of the molecule is Cc1ccc(S(=O)(=O)CC2NC(Cc3ccccc3)CC2=O)cc1. The van der Waals surface area contributed by atoms with E-state index in [0.29, 0.717) is 6.42 Å². The van der Waals surface area contributed by atoms with Gasteiger partial charge in [-0.05, 0) is 31.0 Å². The van der Waals surface area contributed by atoms with Crippen LogP contribution in [0.1, 0.15) is 17.5 Å². The topological polar surface area (TPSA) is 63.2 Å². The van der Waals surface area contributed by atoms with E-state index in [1.807, 2.05) is 37.3 Å². The van der Waals surface area contributed by atoms with Crippen molar-refractivity contribution in [2.75, 3.05) is 5.75 Å². The van der Waals surface area contributed by atoms with Crippen molar-refractivity contribution in [3.05, 3.63) is 65.7 Å². The molecule has 4 nitrogen and oxygen atoms in total. The van der Waals surface area contributed by atoms with Crippen LogP contribution in [0.15, 0.2) is 59.5 Å². The van der Waals surface area contributed by atoms with Crippen molar-refractivity contribution in [2.45, 2.75) is 36.7 Å².